The number of methoxy groups -OCH3 is 1. The predicted molar refractivity (Wildman–Crippen MR) is 124 cm³/mol. The molecule has 0 aliphatic rings. The number of rotatable bonds is 14. The number of carbonyl (C=O) groups excluding carboxylic acids is 2. The van der Waals surface area contributed by atoms with Crippen LogP contribution in [0.1, 0.15) is 66.2 Å². The minimum Gasteiger partial charge on any atom is -0.494 e. The molecule has 0 fully saturated rings. The maximum atomic E-state index is 12.5. The minimum atomic E-state index is -0.206. The molecule has 0 heterocycles. The molecule has 2 aromatic rings. The van der Waals surface area contributed by atoms with Gasteiger partial charge < -0.3 is 20.1 Å². The molecule has 0 bridgehead atoms. The zero-order chi connectivity index (χ0) is 22.3. The SMILES string of the molecule is CCCCCCCOc1ccc(C(=O)Nc2ccc(C(=O)NCCCOC)cc2)cc1. The highest BCUT2D eigenvalue weighted by atomic mass is 16.5. The summed E-state index contributed by atoms with van der Waals surface area (Å²) in [4.78, 5) is 24.5. The van der Waals surface area contributed by atoms with E-state index in [-0.39, 0.29) is 11.8 Å². The Morgan fingerprint density at radius 2 is 1.42 bits per heavy atom. The van der Waals surface area contributed by atoms with E-state index in [2.05, 4.69) is 17.6 Å². The number of amides is 2. The summed E-state index contributed by atoms with van der Waals surface area (Å²) in [5.74, 6) is 0.422. The third kappa shape index (κ3) is 9.22. The van der Waals surface area contributed by atoms with Crippen molar-refractivity contribution in [1.82, 2.24) is 5.32 Å². The number of ether oxygens (including phenoxy) is 2. The van der Waals surface area contributed by atoms with Crippen molar-refractivity contribution in [2.75, 3.05) is 32.2 Å². The van der Waals surface area contributed by atoms with Gasteiger partial charge in [-0.25, -0.2) is 0 Å². The molecular weight excluding hydrogens is 392 g/mol. The molecule has 2 amide bonds. The Bertz CT molecular complexity index is 788. The average Bonchev–Trinajstić information content (AvgIpc) is 2.80. The Morgan fingerprint density at radius 1 is 0.774 bits per heavy atom. The van der Waals surface area contributed by atoms with Gasteiger partial charge in [0.25, 0.3) is 11.8 Å². The first kappa shape index (κ1) is 24.4. The van der Waals surface area contributed by atoms with Gasteiger partial charge in [-0.3, -0.25) is 9.59 Å². The summed E-state index contributed by atoms with van der Waals surface area (Å²) in [7, 11) is 1.63. The van der Waals surface area contributed by atoms with Gasteiger partial charge in [0.05, 0.1) is 6.61 Å². The van der Waals surface area contributed by atoms with Gasteiger partial charge in [0.2, 0.25) is 0 Å². The first-order valence-electron chi connectivity index (χ1n) is 11.1. The van der Waals surface area contributed by atoms with Crippen molar-refractivity contribution in [2.24, 2.45) is 0 Å². The number of carbonyl (C=O) groups is 2. The molecule has 2 N–H and O–H groups in total. The Labute approximate surface area is 185 Å². The molecule has 0 spiro atoms. The van der Waals surface area contributed by atoms with Crippen LogP contribution in [0.15, 0.2) is 48.5 Å². The van der Waals surface area contributed by atoms with Crippen LogP contribution in [0.3, 0.4) is 0 Å². The largest absolute Gasteiger partial charge is 0.494 e. The number of hydrogen-bond acceptors (Lipinski definition) is 4. The summed E-state index contributed by atoms with van der Waals surface area (Å²) in [6, 6.07) is 14.0. The molecule has 0 aliphatic carbocycles. The van der Waals surface area contributed by atoms with Crippen molar-refractivity contribution in [1.29, 1.82) is 0 Å². The lowest BCUT2D eigenvalue weighted by atomic mass is 10.1. The van der Waals surface area contributed by atoms with Crippen LogP contribution in [-0.4, -0.2) is 38.7 Å². The topological polar surface area (TPSA) is 76.7 Å². The molecule has 0 aromatic heterocycles. The standard InChI is InChI=1S/C25H34N2O4/c1-3-4-5-6-7-19-31-23-15-11-21(12-16-23)25(29)27-22-13-9-20(10-14-22)24(28)26-17-8-18-30-2/h9-16H,3-8,17-19H2,1-2H3,(H,26,28)(H,27,29). The molecule has 31 heavy (non-hydrogen) atoms. The van der Waals surface area contributed by atoms with E-state index in [9.17, 15) is 9.59 Å². The fourth-order valence-electron chi connectivity index (χ4n) is 3.03. The highest BCUT2D eigenvalue weighted by molar-refractivity contribution is 6.04. The summed E-state index contributed by atoms with van der Waals surface area (Å²) < 4.78 is 10.7. The second-order valence-electron chi connectivity index (χ2n) is 7.42. The van der Waals surface area contributed by atoms with Crippen molar-refractivity contribution < 1.29 is 19.1 Å². The van der Waals surface area contributed by atoms with Crippen LogP contribution in [0, 0.1) is 0 Å². The molecule has 0 saturated carbocycles. The van der Waals surface area contributed by atoms with Crippen LogP contribution in [0.4, 0.5) is 5.69 Å². The molecule has 0 atom stereocenters. The number of anilines is 1. The number of nitrogens with one attached hydrogen (secondary N) is 2. The van der Waals surface area contributed by atoms with E-state index < -0.39 is 0 Å². The summed E-state index contributed by atoms with van der Waals surface area (Å²) >= 11 is 0. The zero-order valence-corrected chi connectivity index (χ0v) is 18.6. The monoisotopic (exact) mass is 426 g/mol. The van der Waals surface area contributed by atoms with E-state index in [0.717, 1.165) is 18.6 Å². The number of benzene rings is 2. The Kier molecular flexibility index (Phi) is 11.2. The lowest BCUT2D eigenvalue weighted by Gasteiger charge is -2.09. The van der Waals surface area contributed by atoms with Crippen molar-refractivity contribution in [2.45, 2.75) is 45.4 Å². The minimum absolute atomic E-state index is 0.144. The average molecular weight is 427 g/mol. The Morgan fingerprint density at radius 3 is 2.10 bits per heavy atom. The van der Waals surface area contributed by atoms with Gasteiger partial charge >= 0.3 is 0 Å². The van der Waals surface area contributed by atoms with Gasteiger partial charge in [0.1, 0.15) is 5.75 Å². The molecular formula is C25H34N2O4. The molecule has 6 heteroatoms. The fraction of sp³-hybridized carbons (Fsp3) is 0.440. The highest BCUT2D eigenvalue weighted by Crippen LogP contribution is 2.16. The van der Waals surface area contributed by atoms with Gasteiger partial charge in [0, 0.05) is 37.1 Å². The van der Waals surface area contributed by atoms with E-state index in [1.165, 1.54) is 25.7 Å². The molecule has 0 unspecified atom stereocenters. The normalized spacial score (nSPS) is 10.5. The van der Waals surface area contributed by atoms with Gasteiger partial charge in [-0.05, 0) is 61.4 Å². The Hall–Kier alpha value is -2.86. The molecule has 0 radical (unpaired) electrons. The third-order valence-corrected chi connectivity index (χ3v) is 4.85. The first-order chi connectivity index (χ1) is 15.1. The van der Waals surface area contributed by atoms with Crippen LogP contribution in [0.25, 0.3) is 0 Å². The lowest BCUT2D eigenvalue weighted by Crippen LogP contribution is -2.25. The highest BCUT2D eigenvalue weighted by Gasteiger charge is 2.08. The summed E-state index contributed by atoms with van der Waals surface area (Å²) in [6.45, 7) is 4.07. The smallest absolute Gasteiger partial charge is 0.255 e. The van der Waals surface area contributed by atoms with Gasteiger partial charge in [-0.15, -0.1) is 0 Å². The maximum Gasteiger partial charge on any atom is 0.255 e. The molecule has 2 rings (SSSR count). The van der Waals surface area contributed by atoms with Crippen molar-refractivity contribution in [3.63, 3.8) is 0 Å². The van der Waals surface area contributed by atoms with E-state index >= 15 is 0 Å². The van der Waals surface area contributed by atoms with Crippen LogP contribution >= 0.6 is 0 Å². The molecule has 0 aliphatic heterocycles. The van der Waals surface area contributed by atoms with E-state index in [4.69, 9.17) is 9.47 Å². The molecule has 0 saturated heterocycles. The molecule has 6 nitrogen and oxygen atoms in total. The van der Waals surface area contributed by atoms with Crippen LogP contribution in [-0.2, 0) is 4.74 Å². The first-order valence-corrected chi connectivity index (χ1v) is 11.1. The maximum absolute atomic E-state index is 12.5. The Balaban J connectivity index is 1.77. The van der Waals surface area contributed by atoms with E-state index in [0.29, 0.717) is 36.6 Å². The molecule has 168 valence electrons. The lowest BCUT2D eigenvalue weighted by molar-refractivity contribution is 0.0948. The van der Waals surface area contributed by atoms with Gasteiger partial charge in [0.15, 0.2) is 0 Å². The summed E-state index contributed by atoms with van der Waals surface area (Å²) in [6.07, 6.45) is 6.75. The molecule has 2 aromatic carbocycles. The van der Waals surface area contributed by atoms with Gasteiger partial charge in [-0.2, -0.15) is 0 Å². The van der Waals surface area contributed by atoms with Crippen LogP contribution in [0.5, 0.6) is 5.75 Å². The van der Waals surface area contributed by atoms with E-state index in [1.807, 2.05) is 12.1 Å². The quantitative estimate of drug-likeness (QED) is 0.414. The van der Waals surface area contributed by atoms with Crippen molar-refractivity contribution >= 4 is 17.5 Å². The number of unbranched alkanes of at least 4 members (excludes halogenated alkanes) is 4. The second kappa shape index (κ2) is 14.2. The third-order valence-electron chi connectivity index (χ3n) is 4.85. The van der Waals surface area contributed by atoms with E-state index in [1.54, 1.807) is 43.5 Å². The zero-order valence-electron chi connectivity index (χ0n) is 18.6. The summed E-state index contributed by atoms with van der Waals surface area (Å²) in [5.41, 5.74) is 1.73. The summed E-state index contributed by atoms with van der Waals surface area (Å²) in [5, 5.41) is 5.68. The van der Waals surface area contributed by atoms with Crippen molar-refractivity contribution in [3.05, 3.63) is 59.7 Å². The second-order valence-corrected chi connectivity index (χ2v) is 7.42. The van der Waals surface area contributed by atoms with Crippen LogP contribution in [0.2, 0.25) is 0 Å². The number of hydrogen-bond donors (Lipinski definition) is 2. The van der Waals surface area contributed by atoms with Gasteiger partial charge in [-0.1, -0.05) is 32.6 Å². The predicted octanol–water partition coefficient (Wildman–Crippen LogP) is 5.05. The van der Waals surface area contributed by atoms with Crippen molar-refractivity contribution in [3.8, 4) is 5.75 Å². The van der Waals surface area contributed by atoms with Crippen LogP contribution < -0.4 is 15.4 Å². The fourth-order valence-corrected chi connectivity index (χ4v) is 3.03.